The van der Waals surface area contributed by atoms with Crippen LogP contribution in [0.1, 0.15) is 30.5 Å². The van der Waals surface area contributed by atoms with E-state index in [0.29, 0.717) is 0 Å². The Labute approximate surface area is 228 Å². The molecule has 2 amide bonds. The molecule has 0 saturated heterocycles. The van der Waals surface area contributed by atoms with Gasteiger partial charge in [0.1, 0.15) is 0 Å². The van der Waals surface area contributed by atoms with Gasteiger partial charge in [0.05, 0.1) is 34.8 Å². The average Bonchev–Trinajstić information content (AvgIpc) is 2.42. The molecule has 0 heterocycles. The fraction of sp³-hybridized carbons (Fsp3) is 0.571. The van der Waals surface area contributed by atoms with E-state index in [1.54, 1.807) is 13.8 Å². The molecule has 0 aliphatic rings. The summed E-state index contributed by atoms with van der Waals surface area (Å²) in [4.78, 5) is 21.6. The SMILES string of the molecule is C=CC(=O)NC(C)(C)COS(=O)[O-].C=CC(=O)NC(C)(C)CS(=O)(=O)O.Cl.[H-].[H-].[Na+].[Na+]. The van der Waals surface area contributed by atoms with Crippen LogP contribution in [0.2, 0.25) is 0 Å². The fourth-order valence-electron chi connectivity index (χ4n) is 1.49. The minimum Gasteiger partial charge on any atom is -1.00 e. The molecule has 0 bridgehead atoms. The summed E-state index contributed by atoms with van der Waals surface area (Å²) in [5.41, 5.74) is -1.73. The fourth-order valence-corrected chi connectivity index (χ4v) is 2.87. The minimum absolute atomic E-state index is 0. The third-order valence-electron chi connectivity index (χ3n) is 2.35. The first-order valence-corrected chi connectivity index (χ1v) is 9.71. The maximum absolute atomic E-state index is 10.8. The number of amides is 2. The van der Waals surface area contributed by atoms with Gasteiger partial charge in [-0.1, -0.05) is 13.2 Å². The first-order chi connectivity index (χ1) is 11.5. The predicted octanol–water partition coefficient (Wildman–Crippen LogP) is -5.51. The Morgan fingerprint density at radius 2 is 1.45 bits per heavy atom. The van der Waals surface area contributed by atoms with Crippen molar-refractivity contribution in [3.63, 3.8) is 0 Å². The van der Waals surface area contributed by atoms with Crippen LogP contribution < -0.4 is 69.7 Å². The van der Waals surface area contributed by atoms with Gasteiger partial charge < -0.3 is 18.0 Å². The van der Waals surface area contributed by atoms with Gasteiger partial charge in [-0.15, -0.1) is 12.4 Å². The molecule has 0 aliphatic carbocycles. The zero-order valence-corrected chi connectivity index (χ0v) is 24.0. The molecule has 29 heavy (non-hydrogen) atoms. The van der Waals surface area contributed by atoms with Gasteiger partial charge in [-0.25, -0.2) is 4.21 Å². The molecule has 0 spiro atoms. The van der Waals surface area contributed by atoms with E-state index in [4.69, 9.17) is 4.55 Å². The summed E-state index contributed by atoms with van der Waals surface area (Å²) in [6.07, 6.45) is 2.14. The van der Waals surface area contributed by atoms with Crippen molar-refractivity contribution < 1.29 is 97.5 Å². The van der Waals surface area contributed by atoms with Crippen molar-refractivity contribution in [2.75, 3.05) is 12.4 Å². The number of hydrogen-bond donors (Lipinski definition) is 3. The monoisotopic (exact) mass is 497 g/mol. The minimum atomic E-state index is -4.08. The number of rotatable bonds is 9. The van der Waals surface area contributed by atoms with Gasteiger partial charge >= 0.3 is 59.1 Å². The van der Waals surface area contributed by atoms with Gasteiger partial charge in [-0.2, -0.15) is 8.42 Å². The van der Waals surface area contributed by atoms with E-state index >= 15 is 0 Å². The first-order valence-electron chi connectivity index (χ1n) is 7.10. The number of nitrogens with one attached hydrogen (secondary N) is 2. The van der Waals surface area contributed by atoms with Gasteiger partial charge in [0.15, 0.2) is 0 Å². The molecule has 0 fully saturated rings. The Balaban J connectivity index is -0.0000000640. The van der Waals surface area contributed by atoms with E-state index < -0.39 is 44.2 Å². The molecule has 0 rings (SSSR count). The topological polar surface area (TPSA) is 162 Å². The molecule has 0 aliphatic heterocycles. The second-order valence-electron chi connectivity index (χ2n) is 6.35. The van der Waals surface area contributed by atoms with Crippen LogP contribution in [0, 0.1) is 0 Å². The van der Waals surface area contributed by atoms with Crippen molar-refractivity contribution in [3.8, 4) is 0 Å². The molecule has 164 valence electrons. The molecule has 15 heteroatoms. The van der Waals surface area contributed by atoms with Crippen molar-refractivity contribution in [2.45, 2.75) is 38.8 Å². The maximum Gasteiger partial charge on any atom is 1.00 e. The van der Waals surface area contributed by atoms with Crippen molar-refractivity contribution in [1.29, 1.82) is 0 Å². The van der Waals surface area contributed by atoms with Gasteiger partial charge in [0.25, 0.3) is 10.1 Å². The summed E-state index contributed by atoms with van der Waals surface area (Å²) < 4.78 is 53.9. The van der Waals surface area contributed by atoms with Crippen molar-refractivity contribution in [1.82, 2.24) is 10.6 Å². The molecule has 1 atom stereocenters. The zero-order valence-electron chi connectivity index (χ0n) is 19.5. The smallest absolute Gasteiger partial charge is 1.00 e. The second-order valence-corrected chi connectivity index (χ2v) is 8.44. The van der Waals surface area contributed by atoms with E-state index in [2.05, 4.69) is 28.0 Å². The van der Waals surface area contributed by atoms with E-state index in [0.717, 1.165) is 12.2 Å². The Hall–Kier alpha value is 0.690. The zero-order chi connectivity index (χ0) is 21.2. The van der Waals surface area contributed by atoms with Crippen molar-refractivity contribution in [2.24, 2.45) is 0 Å². The summed E-state index contributed by atoms with van der Waals surface area (Å²) in [5, 5.41) is 4.87. The quantitative estimate of drug-likeness (QED) is 0.123. The van der Waals surface area contributed by atoms with Crippen LogP contribution in [0.5, 0.6) is 0 Å². The van der Waals surface area contributed by atoms with E-state index in [1.165, 1.54) is 13.8 Å². The molecule has 0 aromatic carbocycles. The Morgan fingerprint density at radius 3 is 1.72 bits per heavy atom. The second kappa shape index (κ2) is 18.3. The van der Waals surface area contributed by atoms with Crippen LogP contribution in [0.3, 0.4) is 0 Å². The Kier molecular flexibility index (Phi) is 25.3. The third kappa shape index (κ3) is 28.7. The van der Waals surface area contributed by atoms with Gasteiger partial charge in [-0.3, -0.25) is 18.3 Å². The standard InChI is InChI=1S/2C7H13NO4S.ClH.2Na.2H/c1-4-6(9)8-7(2,3)5-13(10,11)12;1-4-6(9)8-7(2,3)5-12-13(10)11;;;;;/h4H,1,5H2,2-3H3,(H,8,9)(H,10,11,12);4H,1,5H2,2-3H3,(H,8,9)(H,10,11);1H;;;;/q;;;2*+1;2*-1/p-1. The normalized spacial score (nSPS) is 11.5. The number of halogens is 1. The van der Waals surface area contributed by atoms with Gasteiger partial charge in [0, 0.05) is 0 Å². The predicted molar refractivity (Wildman–Crippen MR) is 106 cm³/mol. The van der Waals surface area contributed by atoms with E-state index in [-0.39, 0.29) is 86.9 Å². The van der Waals surface area contributed by atoms with E-state index in [1.807, 2.05) is 0 Å². The molecule has 0 aromatic heterocycles. The Morgan fingerprint density at radius 1 is 1.10 bits per heavy atom. The number of carbonyl (C=O) groups excluding carboxylic acids is 2. The molecular weight excluding hydrogens is 470 g/mol. The largest absolute Gasteiger partial charge is 1.00 e. The number of hydrogen-bond acceptors (Lipinski definition) is 7. The van der Waals surface area contributed by atoms with Crippen LogP contribution in [0.15, 0.2) is 25.3 Å². The molecule has 0 saturated carbocycles. The molecule has 3 N–H and O–H groups in total. The summed E-state index contributed by atoms with van der Waals surface area (Å²) in [6, 6.07) is 0. The number of carbonyl (C=O) groups is 2. The first kappa shape index (κ1) is 40.1. The van der Waals surface area contributed by atoms with Gasteiger partial charge in [0.2, 0.25) is 11.8 Å². The molecular formula is C14H28ClN2Na2O8S2-. The van der Waals surface area contributed by atoms with E-state index in [9.17, 15) is 26.8 Å². The summed E-state index contributed by atoms with van der Waals surface area (Å²) >= 11 is -2.56. The molecule has 1 unspecified atom stereocenters. The van der Waals surface area contributed by atoms with Crippen LogP contribution >= 0.6 is 12.4 Å². The maximum atomic E-state index is 10.8. The van der Waals surface area contributed by atoms with Crippen LogP contribution in [0.4, 0.5) is 0 Å². The molecule has 0 aromatic rings. The summed E-state index contributed by atoms with van der Waals surface area (Å²) in [6.45, 7) is 12.6. The van der Waals surface area contributed by atoms with Gasteiger partial charge in [-0.05, 0) is 39.8 Å². The summed E-state index contributed by atoms with van der Waals surface area (Å²) in [7, 11) is -4.08. The van der Waals surface area contributed by atoms with Crippen LogP contribution in [0.25, 0.3) is 0 Å². The van der Waals surface area contributed by atoms with Crippen molar-refractivity contribution >= 4 is 45.7 Å². The van der Waals surface area contributed by atoms with Crippen molar-refractivity contribution in [3.05, 3.63) is 25.3 Å². The summed E-state index contributed by atoms with van der Waals surface area (Å²) in [5.74, 6) is -1.38. The average molecular weight is 498 g/mol. The Bertz CT molecular complexity index is 669. The third-order valence-corrected chi connectivity index (χ3v) is 3.75. The van der Waals surface area contributed by atoms with Crippen LogP contribution in [-0.2, 0) is 35.3 Å². The molecule has 10 nitrogen and oxygen atoms in total. The molecule has 0 radical (unpaired) electrons. The van der Waals surface area contributed by atoms with Crippen LogP contribution in [-0.4, -0.2) is 57.0 Å².